The highest BCUT2D eigenvalue weighted by molar-refractivity contribution is 5.61. The molecule has 0 heterocycles. The van der Waals surface area contributed by atoms with Crippen LogP contribution < -0.4 is 10.1 Å². The van der Waals surface area contributed by atoms with Crippen LogP contribution in [0.2, 0.25) is 0 Å². The maximum absolute atomic E-state index is 13.5. The van der Waals surface area contributed by atoms with Crippen molar-refractivity contribution in [2.24, 2.45) is 0 Å². The zero-order valence-electron chi connectivity index (χ0n) is 9.83. The zero-order valence-corrected chi connectivity index (χ0v) is 9.83. The summed E-state index contributed by atoms with van der Waals surface area (Å²) >= 11 is 0. The molecular formula is C14H14FNO. The number of ether oxygens (including phenoxy) is 1. The Labute approximate surface area is 100 Å². The Bertz CT molecular complexity index is 508. The molecule has 0 amide bonds. The van der Waals surface area contributed by atoms with Gasteiger partial charge in [0.15, 0.2) is 0 Å². The Kier molecular flexibility index (Phi) is 3.28. The van der Waals surface area contributed by atoms with E-state index in [9.17, 15) is 4.39 Å². The molecule has 0 bridgehead atoms. The number of rotatable bonds is 3. The van der Waals surface area contributed by atoms with E-state index in [2.05, 4.69) is 5.32 Å². The number of anilines is 2. The van der Waals surface area contributed by atoms with E-state index in [0.717, 1.165) is 17.0 Å². The van der Waals surface area contributed by atoms with Crippen molar-refractivity contribution in [2.75, 3.05) is 12.4 Å². The lowest BCUT2D eigenvalue weighted by molar-refractivity contribution is 0.415. The van der Waals surface area contributed by atoms with Gasteiger partial charge in [-0.3, -0.25) is 0 Å². The summed E-state index contributed by atoms with van der Waals surface area (Å²) < 4.78 is 18.6. The van der Waals surface area contributed by atoms with Crippen LogP contribution in [0.15, 0.2) is 42.5 Å². The summed E-state index contributed by atoms with van der Waals surface area (Å²) in [6, 6.07) is 12.3. The van der Waals surface area contributed by atoms with E-state index in [1.807, 2.05) is 31.2 Å². The van der Waals surface area contributed by atoms with Crippen LogP contribution in [-0.2, 0) is 0 Å². The van der Waals surface area contributed by atoms with Gasteiger partial charge in [-0.1, -0.05) is 6.07 Å². The van der Waals surface area contributed by atoms with Gasteiger partial charge in [0.2, 0.25) is 0 Å². The molecule has 0 radical (unpaired) electrons. The zero-order chi connectivity index (χ0) is 12.3. The van der Waals surface area contributed by atoms with E-state index in [0.29, 0.717) is 5.69 Å². The lowest BCUT2D eigenvalue weighted by Gasteiger charge is -2.09. The molecule has 0 unspecified atom stereocenters. The van der Waals surface area contributed by atoms with Crippen LogP contribution in [0.5, 0.6) is 5.75 Å². The van der Waals surface area contributed by atoms with Crippen molar-refractivity contribution in [3.05, 3.63) is 53.8 Å². The molecule has 2 aromatic carbocycles. The summed E-state index contributed by atoms with van der Waals surface area (Å²) in [7, 11) is 1.61. The number of hydrogen-bond acceptors (Lipinski definition) is 2. The molecule has 0 aliphatic heterocycles. The number of benzene rings is 2. The molecule has 17 heavy (non-hydrogen) atoms. The quantitative estimate of drug-likeness (QED) is 0.865. The summed E-state index contributed by atoms with van der Waals surface area (Å²) in [5, 5.41) is 3.03. The molecule has 0 fully saturated rings. The maximum Gasteiger partial charge on any atom is 0.146 e. The Morgan fingerprint density at radius 1 is 1.06 bits per heavy atom. The van der Waals surface area contributed by atoms with Crippen LogP contribution in [0.4, 0.5) is 15.8 Å². The highest BCUT2D eigenvalue weighted by atomic mass is 19.1. The first kappa shape index (κ1) is 11.5. The van der Waals surface area contributed by atoms with Crippen molar-refractivity contribution in [1.29, 1.82) is 0 Å². The van der Waals surface area contributed by atoms with Gasteiger partial charge in [0.25, 0.3) is 0 Å². The molecule has 2 nitrogen and oxygen atoms in total. The minimum Gasteiger partial charge on any atom is -0.497 e. The first-order valence-corrected chi connectivity index (χ1v) is 5.36. The summed E-state index contributed by atoms with van der Waals surface area (Å²) in [5.41, 5.74) is 2.33. The van der Waals surface area contributed by atoms with Gasteiger partial charge in [0.1, 0.15) is 11.6 Å². The van der Waals surface area contributed by atoms with Crippen molar-refractivity contribution in [2.45, 2.75) is 6.92 Å². The summed E-state index contributed by atoms with van der Waals surface area (Å²) in [6.07, 6.45) is 0. The van der Waals surface area contributed by atoms with Gasteiger partial charge >= 0.3 is 0 Å². The molecule has 0 aliphatic carbocycles. The molecule has 0 aromatic heterocycles. The van der Waals surface area contributed by atoms with Crippen LogP contribution >= 0.6 is 0 Å². The second kappa shape index (κ2) is 4.87. The largest absolute Gasteiger partial charge is 0.497 e. The minimum atomic E-state index is -0.258. The smallest absolute Gasteiger partial charge is 0.146 e. The van der Waals surface area contributed by atoms with Crippen LogP contribution in [0, 0.1) is 12.7 Å². The molecule has 2 rings (SSSR count). The number of aryl methyl sites for hydroxylation is 1. The number of halogens is 1. The fraction of sp³-hybridized carbons (Fsp3) is 0.143. The SMILES string of the molecule is COc1ccc(Nc2cc(C)ccc2F)cc1. The van der Waals surface area contributed by atoms with E-state index >= 15 is 0 Å². The van der Waals surface area contributed by atoms with Gasteiger partial charge in [-0.2, -0.15) is 0 Å². The predicted molar refractivity (Wildman–Crippen MR) is 67.4 cm³/mol. The van der Waals surface area contributed by atoms with Crippen molar-refractivity contribution >= 4 is 11.4 Å². The summed E-state index contributed by atoms with van der Waals surface area (Å²) in [4.78, 5) is 0. The molecule has 0 aliphatic rings. The Balaban J connectivity index is 2.22. The number of methoxy groups -OCH3 is 1. The molecule has 0 saturated carbocycles. The van der Waals surface area contributed by atoms with Crippen LogP contribution in [0.1, 0.15) is 5.56 Å². The van der Waals surface area contributed by atoms with E-state index in [1.54, 1.807) is 19.2 Å². The van der Waals surface area contributed by atoms with Crippen LogP contribution in [0.3, 0.4) is 0 Å². The molecule has 0 saturated heterocycles. The molecular weight excluding hydrogens is 217 g/mol. The fourth-order valence-corrected chi connectivity index (χ4v) is 1.56. The van der Waals surface area contributed by atoms with Gasteiger partial charge in [-0.05, 0) is 48.9 Å². The first-order valence-electron chi connectivity index (χ1n) is 5.36. The number of nitrogens with one attached hydrogen (secondary N) is 1. The summed E-state index contributed by atoms with van der Waals surface area (Å²) in [6.45, 7) is 1.93. The van der Waals surface area contributed by atoms with Crippen molar-refractivity contribution in [3.63, 3.8) is 0 Å². The molecule has 0 atom stereocenters. The lowest BCUT2D eigenvalue weighted by atomic mass is 10.2. The third-order valence-corrected chi connectivity index (χ3v) is 2.49. The molecule has 0 spiro atoms. The third-order valence-electron chi connectivity index (χ3n) is 2.49. The van der Waals surface area contributed by atoms with Crippen molar-refractivity contribution in [3.8, 4) is 5.75 Å². The highest BCUT2D eigenvalue weighted by Gasteiger charge is 2.02. The average Bonchev–Trinajstić information content (AvgIpc) is 2.35. The van der Waals surface area contributed by atoms with Crippen molar-refractivity contribution in [1.82, 2.24) is 0 Å². The fourth-order valence-electron chi connectivity index (χ4n) is 1.56. The second-order valence-corrected chi connectivity index (χ2v) is 3.84. The van der Waals surface area contributed by atoms with Gasteiger partial charge in [-0.25, -0.2) is 4.39 Å². The lowest BCUT2D eigenvalue weighted by Crippen LogP contribution is -1.94. The van der Waals surface area contributed by atoms with Crippen molar-refractivity contribution < 1.29 is 9.13 Å². The maximum atomic E-state index is 13.5. The van der Waals surface area contributed by atoms with E-state index < -0.39 is 0 Å². The molecule has 3 heteroatoms. The first-order chi connectivity index (χ1) is 8.19. The normalized spacial score (nSPS) is 10.1. The molecule has 2 aromatic rings. The van der Waals surface area contributed by atoms with Gasteiger partial charge < -0.3 is 10.1 Å². The van der Waals surface area contributed by atoms with E-state index in [4.69, 9.17) is 4.74 Å². The molecule has 1 N–H and O–H groups in total. The number of hydrogen-bond donors (Lipinski definition) is 1. The van der Waals surface area contributed by atoms with E-state index in [-0.39, 0.29) is 5.82 Å². The topological polar surface area (TPSA) is 21.3 Å². The molecule has 88 valence electrons. The van der Waals surface area contributed by atoms with Gasteiger partial charge in [0.05, 0.1) is 12.8 Å². The van der Waals surface area contributed by atoms with Gasteiger partial charge in [-0.15, -0.1) is 0 Å². The average molecular weight is 231 g/mol. The highest BCUT2D eigenvalue weighted by Crippen LogP contribution is 2.22. The van der Waals surface area contributed by atoms with Crippen LogP contribution in [-0.4, -0.2) is 7.11 Å². The third kappa shape index (κ3) is 2.75. The van der Waals surface area contributed by atoms with E-state index in [1.165, 1.54) is 6.07 Å². The monoisotopic (exact) mass is 231 g/mol. The predicted octanol–water partition coefficient (Wildman–Crippen LogP) is 3.89. The van der Waals surface area contributed by atoms with Crippen LogP contribution in [0.25, 0.3) is 0 Å². The minimum absolute atomic E-state index is 0.258. The van der Waals surface area contributed by atoms with Gasteiger partial charge in [0, 0.05) is 5.69 Å². The Hall–Kier alpha value is -2.03. The Morgan fingerprint density at radius 3 is 2.41 bits per heavy atom. The summed E-state index contributed by atoms with van der Waals surface area (Å²) in [5.74, 6) is 0.520. The second-order valence-electron chi connectivity index (χ2n) is 3.84. The Morgan fingerprint density at radius 2 is 1.76 bits per heavy atom. The standard InChI is InChI=1S/C14H14FNO/c1-10-3-8-13(15)14(9-10)16-11-4-6-12(17-2)7-5-11/h3-9,16H,1-2H3.